The standard InChI is InChI=1S/C25H43O3P.C25H41O3P/c2*1-15-9-11-24(3)17(13-15)14-21(26)23-19-7-6-18(16(2)5-8-22(27)28-29)25(19,4)12-10-20(23)24/h15-21,23,26H,5-14,29H2,1-4H3;14-16,18-21,23,26H,5-13,29H2,1-4H3/t15-,16-,17+,18-,19?,20?,21+,23?,24+,25-;15-,16-,18-,19?,20?,21+,23?,24+,25-/m11/s1. The molecule has 0 amide bonds. The summed E-state index contributed by atoms with van der Waals surface area (Å²) in [5.74, 6) is 8.04. The molecule has 8 heteroatoms. The van der Waals surface area contributed by atoms with Crippen molar-refractivity contribution in [2.75, 3.05) is 0 Å². The van der Waals surface area contributed by atoms with Crippen LogP contribution in [-0.2, 0) is 18.6 Å². The zero-order chi connectivity index (χ0) is 41.9. The van der Waals surface area contributed by atoms with Crippen LogP contribution in [0.15, 0.2) is 11.6 Å². The van der Waals surface area contributed by atoms with Gasteiger partial charge < -0.3 is 19.3 Å². The number of fused-ring (bicyclic) bond motifs is 10. The number of carbonyl (C=O) groups excluding carboxylic acids is 2. The van der Waals surface area contributed by atoms with Crippen LogP contribution in [0.1, 0.15) is 177 Å². The van der Waals surface area contributed by atoms with Gasteiger partial charge in [-0.2, -0.15) is 0 Å². The lowest BCUT2D eigenvalue weighted by atomic mass is 9.43. The number of carbonyl (C=O) groups is 2. The lowest BCUT2D eigenvalue weighted by molar-refractivity contribution is -0.168. The van der Waals surface area contributed by atoms with Crippen LogP contribution in [0.25, 0.3) is 0 Å². The molecule has 0 heterocycles. The maximum Gasteiger partial charge on any atom is 0.307 e. The Morgan fingerprint density at radius 3 is 1.74 bits per heavy atom. The highest BCUT2D eigenvalue weighted by molar-refractivity contribution is 7.11. The third-order valence-electron chi connectivity index (χ3n) is 20.7. The van der Waals surface area contributed by atoms with E-state index in [4.69, 9.17) is 9.05 Å². The highest BCUT2D eigenvalue weighted by atomic mass is 31.0. The van der Waals surface area contributed by atoms with Gasteiger partial charge in [-0.1, -0.05) is 73.5 Å². The summed E-state index contributed by atoms with van der Waals surface area (Å²) in [7, 11) is 4.16. The zero-order valence-electron chi connectivity index (χ0n) is 37.9. The van der Waals surface area contributed by atoms with Gasteiger partial charge in [-0.15, -0.1) is 0 Å². The quantitative estimate of drug-likeness (QED) is 0.187. The minimum atomic E-state index is -0.265. The van der Waals surface area contributed by atoms with E-state index in [0.717, 1.165) is 37.0 Å². The van der Waals surface area contributed by atoms with Crippen molar-refractivity contribution in [2.45, 2.75) is 190 Å². The van der Waals surface area contributed by atoms with Crippen LogP contribution in [0.2, 0.25) is 0 Å². The van der Waals surface area contributed by atoms with Crippen molar-refractivity contribution < 1.29 is 28.8 Å². The Balaban J connectivity index is 0.000000177. The SMILES string of the molecule is C[C@@H]1CC[C@@]2(C)C(=C[C@H](O)C3C2CC[C@@]2(C)C3CC[C@@H]2[C@H](C)CCC(=O)OP)C1.C[C@@H]1CC[C@]2(C)C3CC[C@@]4(C)C(CC[C@@H]4[C@H](C)CCC(=O)OP)C3[C@@H](O)C[C@@H]2C1. The van der Waals surface area contributed by atoms with E-state index in [0.29, 0.717) is 93.7 Å². The number of allylic oxidation sites excluding steroid dienone is 1. The lowest BCUT2D eigenvalue weighted by Crippen LogP contribution is -2.58. The van der Waals surface area contributed by atoms with Gasteiger partial charge in [0.2, 0.25) is 0 Å². The Hall–Kier alpha value is -0.540. The first kappa shape index (κ1) is 45.5. The van der Waals surface area contributed by atoms with Crippen molar-refractivity contribution in [1.29, 1.82) is 0 Å². The predicted octanol–water partition coefficient (Wildman–Crippen LogP) is 11.9. The summed E-state index contributed by atoms with van der Waals surface area (Å²) in [5.41, 5.74) is 2.95. The topological polar surface area (TPSA) is 93.1 Å². The molecule has 8 aliphatic rings. The Labute approximate surface area is 358 Å². The summed E-state index contributed by atoms with van der Waals surface area (Å²) < 4.78 is 9.58. The maximum absolute atomic E-state index is 11.6. The first-order valence-corrected chi connectivity index (χ1v) is 25.2. The fourth-order valence-corrected chi connectivity index (χ4v) is 17.7. The third-order valence-corrected chi connectivity index (χ3v) is 21.2. The molecule has 0 spiro atoms. The minimum absolute atomic E-state index is 0.103. The molecule has 2 N–H and O–H groups in total. The van der Waals surface area contributed by atoms with E-state index >= 15 is 0 Å². The van der Waals surface area contributed by atoms with Crippen molar-refractivity contribution in [3.05, 3.63) is 11.6 Å². The molecule has 21 atom stereocenters. The zero-order valence-corrected chi connectivity index (χ0v) is 40.2. The molecule has 0 aliphatic heterocycles. The van der Waals surface area contributed by atoms with E-state index < -0.39 is 0 Å². The number of aliphatic hydroxyl groups excluding tert-OH is 2. The first-order chi connectivity index (χ1) is 27.4. The summed E-state index contributed by atoms with van der Waals surface area (Å²) in [6.45, 7) is 19.6. The van der Waals surface area contributed by atoms with Crippen LogP contribution >= 0.6 is 18.9 Å². The van der Waals surface area contributed by atoms with Crippen LogP contribution in [0.3, 0.4) is 0 Å². The van der Waals surface area contributed by atoms with Gasteiger partial charge in [0, 0.05) is 12.8 Å². The van der Waals surface area contributed by atoms with Gasteiger partial charge >= 0.3 is 11.9 Å². The van der Waals surface area contributed by atoms with Crippen LogP contribution in [0.5, 0.6) is 0 Å². The van der Waals surface area contributed by atoms with E-state index in [2.05, 4.69) is 80.4 Å². The van der Waals surface area contributed by atoms with Crippen molar-refractivity contribution in [3.63, 3.8) is 0 Å². The lowest BCUT2D eigenvalue weighted by Gasteiger charge is -2.62. The first-order valence-electron chi connectivity index (χ1n) is 24.3. The maximum atomic E-state index is 11.6. The molecule has 8 aliphatic carbocycles. The highest BCUT2D eigenvalue weighted by Gasteiger charge is 2.63. The monoisotopic (exact) mass is 843 g/mol. The molecule has 0 aromatic heterocycles. The Bertz CT molecular complexity index is 1520. The van der Waals surface area contributed by atoms with Gasteiger partial charge in [-0.25, -0.2) is 0 Å². The van der Waals surface area contributed by atoms with Gasteiger partial charge in [-0.05, 0) is 201 Å². The normalized spacial score (nSPS) is 48.8. The number of aliphatic hydroxyl groups is 2. The summed E-state index contributed by atoms with van der Waals surface area (Å²) >= 11 is 0. The van der Waals surface area contributed by atoms with Crippen LogP contribution in [-0.4, -0.2) is 34.4 Å². The molecule has 0 aromatic carbocycles. The molecule has 0 saturated heterocycles. The van der Waals surface area contributed by atoms with Crippen LogP contribution in [0.4, 0.5) is 0 Å². The summed E-state index contributed by atoms with van der Waals surface area (Å²) in [6.07, 6.45) is 23.9. The van der Waals surface area contributed by atoms with E-state index in [1.54, 1.807) is 5.57 Å². The summed E-state index contributed by atoms with van der Waals surface area (Å²) in [5, 5.41) is 22.7. The largest absolute Gasteiger partial charge is 0.452 e. The average molecular weight is 843 g/mol. The van der Waals surface area contributed by atoms with Crippen LogP contribution in [0, 0.1) is 98.6 Å². The smallest absolute Gasteiger partial charge is 0.307 e. The van der Waals surface area contributed by atoms with Gasteiger partial charge in [-0.3, -0.25) is 9.59 Å². The third kappa shape index (κ3) is 7.99. The molecular formula is C50H84O6P2. The van der Waals surface area contributed by atoms with Gasteiger partial charge in [0.1, 0.15) is 0 Å². The second-order valence-corrected chi connectivity index (χ2v) is 23.9. The molecule has 0 radical (unpaired) electrons. The van der Waals surface area contributed by atoms with Gasteiger partial charge in [0.15, 0.2) is 0 Å². The molecule has 6 nitrogen and oxygen atoms in total. The highest BCUT2D eigenvalue weighted by Crippen LogP contribution is 2.70. The summed E-state index contributed by atoms with van der Waals surface area (Å²) in [4.78, 5) is 23.3. The fourth-order valence-electron chi connectivity index (χ4n) is 17.4. The molecule has 0 bridgehead atoms. The number of rotatable bonds is 8. The second kappa shape index (κ2) is 17.6. The molecular weight excluding hydrogens is 758 g/mol. The Morgan fingerprint density at radius 2 is 1.17 bits per heavy atom. The molecule has 330 valence electrons. The Morgan fingerprint density at radius 1 is 0.672 bits per heavy atom. The van der Waals surface area contributed by atoms with E-state index in [-0.39, 0.29) is 24.1 Å². The van der Waals surface area contributed by atoms with E-state index in [9.17, 15) is 19.8 Å². The van der Waals surface area contributed by atoms with E-state index in [1.807, 2.05) is 0 Å². The minimum Gasteiger partial charge on any atom is -0.452 e. The Kier molecular flexibility index (Phi) is 13.8. The van der Waals surface area contributed by atoms with Crippen molar-refractivity contribution in [3.8, 4) is 0 Å². The van der Waals surface area contributed by atoms with Gasteiger partial charge in [0.05, 0.1) is 31.1 Å². The van der Waals surface area contributed by atoms with Crippen LogP contribution < -0.4 is 0 Å². The molecule has 7 saturated carbocycles. The van der Waals surface area contributed by atoms with E-state index in [1.165, 1.54) is 89.9 Å². The molecule has 8 rings (SSSR count). The average Bonchev–Trinajstić information content (AvgIpc) is 3.74. The predicted molar refractivity (Wildman–Crippen MR) is 240 cm³/mol. The number of hydrogen-bond donors (Lipinski definition) is 2. The summed E-state index contributed by atoms with van der Waals surface area (Å²) in [6, 6.07) is 0. The molecule has 0 aromatic rings. The van der Waals surface area contributed by atoms with Crippen molar-refractivity contribution >= 4 is 30.9 Å². The fraction of sp³-hybridized carbons (Fsp3) is 0.920. The molecule has 8 unspecified atom stereocenters. The molecule has 7 fully saturated rings. The second-order valence-electron chi connectivity index (χ2n) is 23.4. The van der Waals surface area contributed by atoms with Gasteiger partial charge in [0.25, 0.3) is 0 Å². The van der Waals surface area contributed by atoms with Crippen molar-refractivity contribution in [2.24, 2.45) is 98.6 Å². The number of hydrogen-bond acceptors (Lipinski definition) is 6. The van der Waals surface area contributed by atoms with Crippen molar-refractivity contribution in [1.82, 2.24) is 0 Å². The molecule has 58 heavy (non-hydrogen) atoms.